The van der Waals surface area contributed by atoms with E-state index in [9.17, 15) is 9.59 Å². The molecule has 14 heavy (non-hydrogen) atoms. The number of carboxylic acid groups (broad SMARTS) is 1. The van der Waals surface area contributed by atoms with Crippen LogP contribution in [0.1, 0.15) is 0 Å². The van der Waals surface area contributed by atoms with E-state index in [0.29, 0.717) is 5.57 Å². The van der Waals surface area contributed by atoms with E-state index in [-0.39, 0.29) is 0 Å². The molecule has 0 saturated heterocycles. The summed E-state index contributed by atoms with van der Waals surface area (Å²) in [7, 11) is 0. The van der Waals surface area contributed by atoms with Gasteiger partial charge in [-0.15, -0.1) is 0 Å². The average molecular weight is 195 g/mol. The van der Waals surface area contributed by atoms with Crippen molar-refractivity contribution in [1.29, 1.82) is 0 Å². The zero-order valence-corrected chi connectivity index (χ0v) is 7.18. The molecule has 1 aliphatic rings. The molecule has 74 valence electrons. The Morgan fingerprint density at radius 3 is 2.64 bits per heavy atom. The Kier molecular flexibility index (Phi) is 2.83. The van der Waals surface area contributed by atoms with Crippen molar-refractivity contribution in [3.8, 4) is 0 Å². The van der Waals surface area contributed by atoms with Gasteiger partial charge in [0.2, 0.25) is 5.78 Å². The van der Waals surface area contributed by atoms with E-state index in [2.05, 4.69) is 0 Å². The third-order valence-electron chi connectivity index (χ3n) is 1.64. The Morgan fingerprint density at radius 1 is 1.50 bits per heavy atom. The van der Waals surface area contributed by atoms with Crippen LogP contribution in [0.15, 0.2) is 35.6 Å². The van der Waals surface area contributed by atoms with Crippen molar-refractivity contribution < 1.29 is 19.8 Å². The first-order valence-electron chi connectivity index (χ1n) is 3.84. The van der Waals surface area contributed by atoms with Crippen molar-refractivity contribution >= 4 is 11.8 Å². The molecule has 0 aliphatic heterocycles. The van der Waals surface area contributed by atoms with Gasteiger partial charge in [-0.3, -0.25) is 9.59 Å². The number of hydrogen-bond acceptors (Lipinski definition) is 4. The molecule has 0 saturated carbocycles. The van der Waals surface area contributed by atoms with Gasteiger partial charge in [-0.1, -0.05) is 6.08 Å². The number of rotatable bonds is 2. The largest absolute Gasteiger partial charge is 0.504 e. The number of hydrogen-bond donors (Lipinski definition) is 3. The average Bonchev–Trinajstić information content (AvgIpc) is 2.11. The van der Waals surface area contributed by atoms with Crippen molar-refractivity contribution in [2.24, 2.45) is 5.73 Å². The van der Waals surface area contributed by atoms with Crippen LogP contribution in [-0.2, 0) is 9.59 Å². The highest BCUT2D eigenvalue weighted by molar-refractivity contribution is 6.04. The monoisotopic (exact) mass is 195 g/mol. The lowest BCUT2D eigenvalue weighted by Crippen LogP contribution is -2.28. The first-order valence-corrected chi connectivity index (χ1v) is 3.84. The molecule has 1 unspecified atom stereocenters. The highest BCUT2D eigenvalue weighted by atomic mass is 16.4. The number of aliphatic carboxylic acids is 1. The predicted molar refractivity (Wildman–Crippen MR) is 48.6 cm³/mol. The van der Waals surface area contributed by atoms with Gasteiger partial charge in [0.1, 0.15) is 6.04 Å². The van der Waals surface area contributed by atoms with Gasteiger partial charge in [0, 0.05) is 0 Å². The minimum absolute atomic E-state index is 0.400. The van der Waals surface area contributed by atoms with Crippen molar-refractivity contribution in [3.05, 3.63) is 35.6 Å². The number of allylic oxidation sites excluding steroid dienone is 4. The fourth-order valence-corrected chi connectivity index (χ4v) is 0.917. The lowest BCUT2D eigenvalue weighted by atomic mass is 10.1. The fraction of sp³-hybridized carbons (Fsp3) is 0.111. The van der Waals surface area contributed by atoms with Gasteiger partial charge in [-0.25, -0.2) is 0 Å². The van der Waals surface area contributed by atoms with Gasteiger partial charge in [0.25, 0.3) is 0 Å². The maximum absolute atomic E-state index is 10.8. The Bertz CT molecular complexity index is 365. The van der Waals surface area contributed by atoms with E-state index in [0.717, 1.165) is 6.08 Å². The van der Waals surface area contributed by atoms with Crippen molar-refractivity contribution in [1.82, 2.24) is 0 Å². The van der Waals surface area contributed by atoms with Gasteiger partial charge in [0.05, 0.1) is 0 Å². The van der Waals surface area contributed by atoms with Crippen LogP contribution in [0.5, 0.6) is 0 Å². The number of aliphatic hydroxyl groups is 1. The SMILES string of the molecule is NC(/C=C1/C=CC(=O)C(O)=C1)C(=O)O. The van der Waals surface area contributed by atoms with Crippen LogP contribution < -0.4 is 5.73 Å². The summed E-state index contributed by atoms with van der Waals surface area (Å²) in [5, 5.41) is 17.5. The first kappa shape index (κ1) is 10.2. The molecule has 0 heterocycles. The summed E-state index contributed by atoms with van der Waals surface area (Å²) in [6, 6.07) is -1.15. The molecule has 1 atom stereocenters. The first-order chi connectivity index (χ1) is 6.50. The van der Waals surface area contributed by atoms with Gasteiger partial charge in [-0.05, 0) is 23.8 Å². The minimum Gasteiger partial charge on any atom is -0.504 e. The fourth-order valence-electron chi connectivity index (χ4n) is 0.917. The summed E-state index contributed by atoms with van der Waals surface area (Å²) in [4.78, 5) is 21.2. The quantitative estimate of drug-likeness (QED) is 0.571. The summed E-state index contributed by atoms with van der Waals surface area (Å²) < 4.78 is 0. The molecule has 0 fully saturated rings. The summed E-state index contributed by atoms with van der Waals surface area (Å²) in [6.07, 6.45) is 4.95. The second kappa shape index (κ2) is 3.89. The molecular formula is C9H9NO4. The molecule has 4 N–H and O–H groups in total. The van der Waals surface area contributed by atoms with Crippen LogP contribution in [0, 0.1) is 0 Å². The van der Waals surface area contributed by atoms with Crippen LogP contribution in [0.25, 0.3) is 0 Å². The van der Waals surface area contributed by atoms with Gasteiger partial charge >= 0.3 is 5.97 Å². The molecule has 0 spiro atoms. The molecule has 0 aromatic rings. The molecule has 0 aromatic heterocycles. The van der Waals surface area contributed by atoms with Gasteiger partial charge in [0.15, 0.2) is 5.76 Å². The van der Waals surface area contributed by atoms with Crippen LogP contribution in [0.4, 0.5) is 0 Å². The Labute approximate surface area is 79.8 Å². The minimum atomic E-state index is -1.17. The predicted octanol–water partition coefficient (Wildman–Crippen LogP) is -0.0945. The number of carboxylic acids is 1. The second-order valence-electron chi connectivity index (χ2n) is 2.76. The van der Waals surface area contributed by atoms with E-state index >= 15 is 0 Å². The third-order valence-corrected chi connectivity index (χ3v) is 1.64. The number of carbonyl (C=O) groups excluding carboxylic acids is 1. The van der Waals surface area contributed by atoms with Crippen molar-refractivity contribution in [3.63, 3.8) is 0 Å². The van der Waals surface area contributed by atoms with Crippen LogP contribution in [-0.4, -0.2) is 28.0 Å². The normalized spacial score (nSPS) is 20.8. The van der Waals surface area contributed by atoms with Crippen molar-refractivity contribution in [2.45, 2.75) is 6.04 Å². The molecule has 0 aromatic carbocycles. The zero-order chi connectivity index (χ0) is 10.7. The standard InChI is InChI=1S/C9H9NO4/c10-6(9(13)14)3-5-1-2-7(11)8(12)4-5/h1-4,6,12H,10H2,(H,13,14)/b5-3-. The molecule has 1 aliphatic carbocycles. The molecule has 0 radical (unpaired) electrons. The molecular weight excluding hydrogens is 186 g/mol. The van der Waals surface area contributed by atoms with E-state index < -0.39 is 23.6 Å². The molecule has 0 amide bonds. The summed E-state index contributed by atoms with van der Waals surface area (Å²) in [5.74, 6) is -2.10. The Balaban J connectivity index is 2.86. The van der Waals surface area contributed by atoms with Crippen LogP contribution in [0.3, 0.4) is 0 Å². The van der Waals surface area contributed by atoms with E-state index in [1.807, 2.05) is 0 Å². The zero-order valence-electron chi connectivity index (χ0n) is 7.18. The third kappa shape index (κ3) is 2.30. The maximum Gasteiger partial charge on any atom is 0.324 e. The van der Waals surface area contributed by atoms with Crippen LogP contribution >= 0.6 is 0 Å². The number of carbonyl (C=O) groups is 2. The lowest BCUT2D eigenvalue weighted by molar-refractivity contribution is -0.137. The smallest absolute Gasteiger partial charge is 0.324 e. The Morgan fingerprint density at radius 2 is 2.14 bits per heavy atom. The van der Waals surface area contributed by atoms with E-state index in [4.69, 9.17) is 15.9 Å². The summed E-state index contributed by atoms with van der Waals surface area (Å²) in [6.45, 7) is 0. The highest BCUT2D eigenvalue weighted by Gasteiger charge is 2.12. The maximum atomic E-state index is 10.8. The number of ketones is 1. The number of aliphatic hydroxyl groups excluding tert-OH is 1. The highest BCUT2D eigenvalue weighted by Crippen LogP contribution is 2.11. The topological polar surface area (TPSA) is 101 Å². The Hall–Kier alpha value is -1.88. The van der Waals surface area contributed by atoms with E-state index in [1.165, 1.54) is 18.2 Å². The molecule has 5 nitrogen and oxygen atoms in total. The summed E-state index contributed by atoms with van der Waals surface area (Å²) in [5.41, 5.74) is 5.62. The second-order valence-corrected chi connectivity index (χ2v) is 2.76. The molecule has 1 rings (SSSR count). The van der Waals surface area contributed by atoms with E-state index in [1.54, 1.807) is 0 Å². The number of nitrogens with two attached hydrogens (primary N) is 1. The van der Waals surface area contributed by atoms with Crippen molar-refractivity contribution in [2.75, 3.05) is 0 Å². The summed E-state index contributed by atoms with van der Waals surface area (Å²) >= 11 is 0. The van der Waals surface area contributed by atoms with Gasteiger partial charge < -0.3 is 15.9 Å². The lowest BCUT2D eigenvalue weighted by Gasteiger charge is -2.05. The molecule has 0 bridgehead atoms. The van der Waals surface area contributed by atoms with Gasteiger partial charge in [-0.2, -0.15) is 0 Å². The van der Waals surface area contributed by atoms with Crippen LogP contribution in [0.2, 0.25) is 0 Å². The molecule has 5 heteroatoms.